The Kier molecular flexibility index (Phi) is 6.03. The molecule has 90 valence electrons. The summed E-state index contributed by atoms with van der Waals surface area (Å²) in [7, 11) is 0. The Morgan fingerprint density at radius 1 is 1.38 bits per heavy atom. The number of hydrogen-bond donors (Lipinski definition) is 1. The average molecular weight is 287 g/mol. The maximum absolute atomic E-state index is 10.0. The normalized spacial score (nSPS) is 14.8. The standard InChI is InChI=1S/C13H19BrO2/c1-3-13(16-4-2)12(15)9-10-6-5-7-11(14)8-10/h5-8,12-13,15H,3-4,9H2,1-2H3. The molecular weight excluding hydrogens is 268 g/mol. The topological polar surface area (TPSA) is 29.5 Å². The van der Waals surface area contributed by atoms with E-state index < -0.39 is 6.10 Å². The van der Waals surface area contributed by atoms with E-state index in [0.29, 0.717) is 13.0 Å². The molecule has 0 heterocycles. The summed E-state index contributed by atoms with van der Waals surface area (Å²) < 4.78 is 6.54. The van der Waals surface area contributed by atoms with Crippen molar-refractivity contribution in [2.24, 2.45) is 0 Å². The van der Waals surface area contributed by atoms with Gasteiger partial charge < -0.3 is 9.84 Å². The zero-order valence-corrected chi connectivity index (χ0v) is 11.4. The Morgan fingerprint density at radius 2 is 2.12 bits per heavy atom. The highest BCUT2D eigenvalue weighted by Gasteiger charge is 2.17. The van der Waals surface area contributed by atoms with Crippen LogP contribution in [0.3, 0.4) is 0 Å². The molecule has 3 heteroatoms. The second kappa shape index (κ2) is 7.05. The van der Waals surface area contributed by atoms with Crippen molar-refractivity contribution in [2.45, 2.75) is 38.9 Å². The molecule has 16 heavy (non-hydrogen) atoms. The summed E-state index contributed by atoms with van der Waals surface area (Å²) >= 11 is 3.42. The van der Waals surface area contributed by atoms with Crippen LogP contribution in [-0.4, -0.2) is 23.9 Å². The summed E-state index contributed by atoms with van der Waals surface area (Å²) in [6.07, 6.45) is 0.976. The van der Waals surface area contributed by atoms with E-state index in [1.165, 1.54) is 0 Å². The number of aliphatic hydroxyl groups is 1. The Labute approximate surface area is 106 Å². The van der Waals surface area contributed by atoms with Crippen LogP contribution < -0.4 is 0 Å². The van der Waals surface area contributed by atoms with E-state index in [1.807, 2.05) is 38.1 Å². The molecule has 0 aromatic heterocycles. The van der Waals surface area contributed by atoms with Gasteiger partial charge in [-0.3, -0.25) is 0 Å². The van der Waals surface area contributed by atoms with Gasteiger partial charge in [0.2, 0.25) is 0 Å². The van der Waals surface area contributed by atoms with E-state index in [0.717, 1.165) is 16.5 Å². The Hall–Kier alpha value is -0.380. The van der Waals surface area contributed by atoms with Gasteiger partial charge in [0, 0.05) is 17.5 Å². The Bertz CT molecular complexity index is 315. The predicted molar refractivity (Wildman–Crippen MR) is 69.6 cm³/mol. The van der Waals surface area contributed by atoms with Crippen molar-refractivity contribution in [1.82, 2.24) is 0 Å². The van der Waals surface area contributed by atoms with Gasteiger partial charge in [-0.05, 0) is 31.0 Å². The molecule has 0 aliphatic carbocycles. The van der Waals surface area contributed by atoms with Crippen LogP contribution in [0.15, 0.2) is 28.7 Å². The smallest absolute Gasteiger partial charge is 0.0841 e. The number of hydrogen-bond acceptors (Lipinski definition) is 2. The maximum atomic E-state index is 10.0. The van der Waals surface area contributed by atoms with E-state index >= 15 is 0 Å². The Morgan fingerprint density at radius 3 is 2.69 bits per heavy atom. The second-order valence-electron chi connectivity index (χ2n) is 3.80. The molecule has 2 nitrogen and oxygen atoms in total. The number of rotatable bonds is 6. The minimum absolute atomic E-state index is 0.0658. The van der Waals surface area contributed by atoms with E-state index in [9.17, 15) is 5.11 Å². The molecule has 0 saturated carbocycles. The lowest BCUT2D eigenvalue weighted by Gasteiger charge is -2.21. The summed E-state index contributed by atoms with van der Waals surface area (Å²) in [5, 5.41) is 10.0. The van der Waals surface area contributed by atoms with Crippen LogP contribution in [0.4, 0.5) is 0 Å². The zero-order valence-electron chi connectivity index (χ0n) is 9.82. The fourth-order valence-corrected chi connectivity index (χ4v) is 2.20. The molecular formula is C13H19BrO2. The summed E-state index contributed by atoms with van der Waals surface area (Å²) in [6.45, 7) is 4.63. The SMILES string of the molecule is CCOC(CC)C(O)Cc1cccc(Br)c1. The molecule has 0 amide bonds. The molecule has 1 aromatic carbocycles. The molecule has 2 atom stereocenters. The fraction of sp³-hybridized carbons (Fsp3) is 0.538. The maximum Gasteiger partial charge on any atom is 0.0841 e. The molecule has 0 bridgehead atoms. The van der Waals surface area contributed by atoms with Crippen molar-refractivity contribution in [3.05, 3.63) is 34.3 Å². The molecule has 0 aliphatic rings. The third kappa shape index (κ3) is 4.24. The highest BCUT2D eigenvalue weighted by molar-refractivity contribution is 9.10. The van der Waals surface area contributed by atoms with Crippen LogP contribution in [0.5, 0.6) is 0 Å². The molecule has 0 aliphatic heterocycles. The van der Waals surface area contributed by atoms with Gasteiger partial charge in [0.15, 0.2) is 0 Å². The highest BCUT2D eigenvalue weighted by Crippen LogP contribution is 2.15. The van der Waals surface area contributed by atoms with Crippen molar-refractivity contribution in [3.8, 4) is 0 Å². The van der Waals surface area contributed by atoms with Crippen LogP contribution in [0, 0.1) is 0 Å². The number of benzene rings is 1. The summed E-state index contributed by atoms with van der Waals surface area (Å²) in [6, 6.07) is 8.01. The number of halogens is 1. The van der Waals surface area contributed by atoms with E-state index in [1.54, 1.807) is 0 Å². The lowest BCUT2D eigenvalue weighted by Crippen LogP contribution is -2.30. The van der Waals surface area contributed by atoms with Crippen LogP contribution in [-0.2, 0) is 11.2 Å². The summed E-state index contributed by atoms with van der Waals surface area (Å²) in [5.41, 5.74) is 1.13. The lowest BCUT2D eigenvalue weighted by atomic mass is 10.0. The summed E-state index contributed by atoms with van der Waals surface area (Å²) in [4.78, 5) is 0. The molecule has 1 rings (SSSR count). The molecule has 1 N–H and O–H groups in total. The second-order valence-corrected chi connectivity index (χ2v) is 4.72. The van der Waals surface area contributed by atoms with Gasteiger partial charge in [-0.2, -0.15) is 0 Å². The fourth-order valence-electron chi connectivity index (χ4n) is 1.75. The van der Waals surface area contributed by atoms with Crippen molar-refractivity contribution in [2.75, 3.05) is 6.61 Å². The molecule has 0 radical (unpaired) electrons. The lowest BCUT2D eigenvalue weighted by molar-refractivity contribution is -0.0334. The minimum Gasteiger partial charge on any atom is -0.390 e. The van der Waals surface area contributed by atoms with Crippen molar-refractivity contribution in [1.29, 1.82) is 0 Å². The van der Waals surface area contributed by atoms with Crippen LogP contribution in [0.1, 0.15) is 25.8 Å². The zero-order chi connectivity index (χ0) is 12.0. The van der Waals surface area contributed by atoms with Crippen LogP contribution in [0.2, 0.25) is 0 Å². The average Bonchev–Trinajstić information content (AvgIpc) is 2.25. The quantitative estimate of drug-likeness (QED) is 0.871. The van der Waals surface area contributed by atoms with E-state index in [2.05, 4.69) is 15.9 Å². The van der Waals surface area contributed by atoms with Gasteiger partial charge in [0.05, 0.1) is 12.2 Å². The molecule has 1 aromatic rings. The predicted octanol–water partition coefficient (Wildman–Crippen LogP) is 3.17. The van der Waals surface area contributed by atoms with Crippen LogP contribution >= 0.6 is 15.9 Å². The number of aliphatic hydroxyl groups excluding tert-OH is 1. The highest BCUT2D eigenvalue weighted by atomic mass is 79.9. The molecule has 0 fully saturated rings. The molecule has 2 unspecified atom stereocenters. The molecule has 0 spiro atoms. The van der Waals surface area contributed by atoms with Gasteiger partial charge in [-0.15, -0.1) is 0 Å². The Balaban J connectivity index is 2.58. The van der Waals surface area contributed by atoms with Crippen molar-refractivity contribution in [3.63, 3.8) is 0 Å². The summed E-state index contributed by atoms with van der Waals surface area (Å²) in [5.74, 6) is 0. The van der Waals surface area contributed by atoms with E-state index in [-0.39, 0.29) is 6.10 Å². The first-order valence-electron chi connectivity index (χ1n) is 5.71. The number of ether oxygens (including phenoxy) is 1. The van der Waals surface area contributed by atoms with Gasteiger partial charge in [-0.1, -0.05) is 35.0 Å². The monoisotopic (exact) mass is 286 g/mol. The van der Waals surface area contributed by atoms with Gasteiger partial charge in [0.1, 0.15) is 0 Å². The van der Waals surface area contributed by atoms with Gasteiger partial charge >= 0.3 is 0 Å². The minimum atomic E-state index is -0.431. The van der Waals surface area contributed by atoms with Gasteiger partial charge in [0.25, 0.3) is 0 Å². The first-order chi connectivity index (χ1) is 7.67. The first kappa shape index (κ1) is 13.7. The van der Waals surface area contributed by atoms with Crippen molar-refractivity contribution < 1.29 is 9.84 Å². The molecule has 0 saturated heterocycles. The van der Waals surface area contributed by atoms with Crippen LogP contribution in [0.25, 0.3) is 0 Å². The van der Waals surface area contributed by atoms with Crippen molar-refractivity contribution >= 4 is 15.9 Å². The first-order valence-corrected chi connectivity index (χ1v) is 6.50. The largest absolute Gasteiger partial charge is 0.390 e. The van der Waals surface area contributed by atoms with Gasteiger partial charge in [-0.25, -0.2) is 0 Å². The van der Waals surface area contributed by atoms with E-state index in [4.69, 9.17) is 4.74 Å². The third-order valence-corrected chi connectivity index (χ3v) is 3.04. The third-order valence-electron chi connectivity index (χ3n) is 2.55.